The Balaban J connectivity index is 1.79. The Labute approximate surface area is 117 Å². The van der Waals surface area contributed by atoms with E-state index in [1.54, 1.807) is 0 Å². The molecule has 0 spiro atoms. The molecule has 1 aliphatic rings. The minimum Gasteiger partial charge on any atom is -0.493 e. The lowest BCUT2D eigenvalue weighted by molar-refractivity contribution is 0.271. The molecule has 2 rings (SSSR count). The van der Waals surface area contributed by atoms with Crippen LogP contribution in [0.2, 0.25) is 0 Å². The molecule has 0 aliphatic heterocycles. The van der Waals surface area contributed by atoms with Crippen LogP contribution in [-0.4, -0.2) is 13.2 Å². The van der Waals surface area contributed by atoms with Crippen LogP contribution in [-0.2, 0) is 0 Å². The number of hydrogen-bond donors (Lipinski definition) is 1. The molecule has 0 amide bonds. The molecule has 1 fully saturated rings. The van der Waals surface area contributed by atoms with Crippen molar-refractivity contribution in [3.05, 3.63) is 29.8 Å². The van der Waals surface area contributed by atoms with Gasteiger partial charge in [0, 0.05) is 6.04 Å². The average Bonchev–Trinajstić information content (AvgIpc) is 2.35. The van der Waals surface area contributed by atoms with E-state index in [0.717, 1.165) is 24.8 Å². The van der Waals surface area contributed by atoms with E-state index in [2.05, 4.69) is 50.4 Å². The third-order valence-corrected chi connectivity index (χ3v) is 3.90. The van der Waals surface area contributed by atoms with Crippen LogP contribution < -0.4 is 10.1 Å². The van der Waals surface area contributed by atoms with Crippen molar-refractivity contribution in [2.24, 2.45) is 11.8 Å². The summed E-state index contributed by atoms with van der Waals surface area (Å²) in [6, 6.07) is 8.94. The van der Waals surface area contributed by atoms with Gasteiger partial charge in [-0.15, -0.1) is 0 Å². The maximum Gasteiger partial charge on any atom is 0.119 e. The second-order valence-electron chi connectivity index (χ2n) is 6.20. The van der Waals surface area contributed by atoms with E-state index in [1.165, 1.54) is 24.8 Å². The summed E-state index contributed by atoms with van der Waals surface area (Å²) in [5, 5.41) is 3.63. The maximum atomic E-state index is 5.71. The molecule has 0 bridgehead atoms. The summed E-state index contributed by atoms with van der Waals surface area (Å²) in [7, 11) is 0. The SMILES string of the molecule is CC(C)COc1ccc(C(C)NCC2CCC2)cc1. The van der Waals surface area contributed by atoms with Gasteiger partial charge in [-0.05, 0) is 55.8 Å². The lowest BCUT2D eigenvalue weighted by atomic mass is 9.85. The van der Waals surface area contributed by atoms with Crippen LogP contribution in [0.25, 0.3) is 0 Å². The van der Waals surface area contributed by atoms with Crippen LogP contribution in [0.3, 0.4) is 0 Å². The predicted octanol–water partition coefficient (Wildman–Crippen LogP) is 4.17. The number of rotatable bonds is 7. The van der Waals surface area contributed by atoms with Gasteiger partial charge in [0.1, 0.15) is 5.75 Å². The van der Waals surface area contributed by atoms with Gasteiger partial charge in [-0.25, -0.2) is 0 Å². The lowest BCUT2D eigenvalue weighted by Crippen LogP contribution is -2.29. The first-order valence-corrected chi connectivity index (χ1v) is 7.61. The molecule has 1 aromatic carbocycles. The van der Waals surface area contributed by atoms with Crippen molar-refractivity contribution in [3.63, 3.8) is 0 Å². The van der Waals surface area contributed by atoms with Crippen LogP contribution in [0.1, 0.15) is 51.6 Å². The van der Waals surface area contributed by atoms with Crippen molar-refractivity contribution in [2.75, 3.05) is 13.2 Å². The van der Waals surface area contributed by atoms with E-state index in [4.69, 9.17) is 4.74 Å². The first-order valence-electron chi connectivity index (χ1n) is 7.61. The molecule has 0 aromatic heterocycles. The minimum atomic E-state index is 0.430. The van der Waals surface area contributed by atoms with E-state index in [1.807, 2.05) is 0 Å². The van der Waals surface area contributed by atoms with Crippen LogP contribution in [0, 0.1) is 11.8 Å². The fourth-order valence-electron chi connectivity index (χ4n) is 2.27. The zero-order valence-corrected chi connectivity index (χ0v) is 12.5. The van der Waals surface area contributed by atoms with E-state index in [9.17, 15) is 0 Å². The summed E-state index contributed by atoms with van der Waals surface area (Å²) >= 11 is 0. The number of benzene rings is 1. The highest BCUT2D eigenvalue weighted by Gasteiger charge is 2.17. The molecular weight excluding hydrogens is 234 g/mol. The summed E-state index contributed by atoms with van der Waals surface area (Å²) in [6.45, 7) is 8.52. The van der Waals surface area contributed by atoms with Crippen molar-refractivity contribution < 1.29 is 4.74 Å². The monoisotopic (exact) mass is 261 g/mol. The molecule has 1 saturated carbocycles. The quantitative estimate of drug-likeness (QED) is 0.795. The van der Waals surface area contributed by atoms with Crippen molar-refractivity contribution >= 4 is 0 Å². The van der Waals surface area contributed by atoms with Gasteiger partial charge in [0.2, 0.25) is 0 Å². The van der Waals surface area contributed by atoms with Gasteiger partial charge in [0.25, 0.3) is 0 Å². The normalized spacial score (nSPS) is 17.3. The highest BCUT2D eigenvalue weighted by molar-refractivity contribution is 5.28. The summed E-state index contributed by atoms with van der Waals surface area (Å²) in [5.41, 5.74) is 1.34. The highest BCUT2D eigenvalue weighted by atomic mass is 16.5. The second-order valence-corrected chi connectivity index (χ2v) is 6.20. The molecule has 0 saturated heterocycles. The molecule has 1 unspecified atom stereocenters. The zero-order valence-electron chi connectivity index (χ0n) is 12.5. The fourth-order valence-corrected chi connectivity index (χ4v) is 2.27. The number of hydrogen-bond acceptors (Lipinski definition) is 2. The van der Waals surface area contributed by atoms with Crippen LogP contribution >= 0.6 is 0 Å². The van der Waals surface area contributed by atoms with Crippen LogP contribution in [0.5, 0.6) is 5.75 Å². The molecule has 1 N–H and O–H groups in total. The second kappa shape index (κ2) is 6.95. The molecular formula is C17H27NO. The first-order chi connectivity index (χ1) is 9.15. The van der Waals surface area contributed by atoms with Crippen molar-refractivity contribution in [1.29, 1.82) is 0 Å². The average molecular weight is 261 g/mol. The molecule has 0 heterocycles. The minimum absolute atomic E-state index is 0.430. The molecule has 1 aliphatic carbocycles. The summed E-state index contributed by atoms with van der Waals surface area (Å²) in [5.74, 6) is 2.46. The Bertz CT molecular complexity index is 367. The van der Waals surface area contributed by atoms with Gasteiger partial charge >= 0.3 is 0 Å². The van der Waals surface area contributed by atoms with Crippen LogP contribution in [0.15, 0.2) is 24.3 Å². The summed E-state index contributed by atoms with van der Waals surface area (Å²) in [6.07, 6.45) is 4.23. The smallest absolute Gasteiger partial charge is 0.119 e. The van der Waals surface area contributed by atoms with Gasteiger partial charge < -0.3 is 10.1 Å². The Kier molecular flexibility index (Phi) is 5.26. The standard InChI is InChI=1S/C17H27NO/c1-13(2)12-19-17-9-7-16(8-10-17)14(3)18-11-15-5-4-6-15/h7-10,13-15,18H,4-6,11-12H2,1-3H3. The number of ether oxygens (including phenoxy) is 1. The fraction of sp³-hybridized carbons (Fsp3) is 0.647. The molecule has 1 atom stereocenters. The van der Waals surface area contributed by atoms with Gasteiger partial charge in [-0.3, -0.25) is 0 Å². The molecule has 106 valence electrons. The topological polar surface area (TPSA) is 21.3 Å². The van der Waals surface area contributed by atoms with Gasteiger partial charge in [-0.1, -0.05) is 32.4 Å². The number of nitrogens with one attached hydrogen (secondary N) is 1. The van der Waals surface area contributed by atoms with E-state index in [0.29, 0.717) is 12.0 Å². The largest absolute Gasteiger partial charge is 0.493 e. The third kappa shape index (κ3) is 4.54. The van der Waals surface area contributed by atoms with E-state index in [-0.39, 0.29) is 0 Å². The maximum absolute atomic E-state index is 5.71. The highest BCUT2D eigenvalue weighted by Crippen LogP contribution is 2.26. The van der Waals surface area contributed by atoms with Gasteiger partial charge in [0.15, 0.2) is 0 Å². The third-order valence-electron chi connectivity index (χ3n) is 3.90. The van der Waals surface area contributed by atoms with Gasteiger partial charge in [-0.2, -0.15) is 0 Å². The molecule has 2 heteroatoms. The van der Waals surface area contributed by atoms with Crippen molar-refractivity contribution in [2.45, 2.75) is 46.1 Å². The summed E-state index contributed by atoms with van der Waals surface area (Å²) < 4.78 is 5.71. The van der Waals surface area contributed by atoms with Gasteiger partial charge in [0.05, 0.1) is 6.61 Å². The Morgan fingerprint density at radius 1 is 1.16 bits per heavy atom. The summed E-state index contributed by atoms with van der Waals surface area (Å²) in [4.78, 5) is 0. The molecule has 19 heavy (non-hydrogen) atoms. The molecule has 0 radical (unpaired) electrons. The Morgan fingerprint density at radius 2 is 1.84 bits per heavy atom. The predicted molar refractivity (Wildman–Crippen MR) is 80.5 cm³/mol. The zero-order chi connectivity index (χ0) is 13.7. The lowest BCUT2D eigenvalue weighted by Gasteiger charge is -2.27. The van der Waals surface area contributed by atoms with E-state index >= 15 is 0 Å². The van der Waals surface area contributed by atoms with Crippen molar-refractivity contribution in [1.82, 2.24) is 5.32 Å². The first kappa shape index (κ1) is 14.4. The Morgan fingerprint density at radius 3 is 2.37 bits per heavy atom. The molecule has 1 aromatic rings. The van der Waals surface area contributed by atoms with E-state index < -0.39 is 0 Å². The Hall–Kier alpha value is -1.02. The molecule has 2 nitrogen and oxygen atoms in total. The van der Waals surface area contributed by atoms with Crippen LogP contribution in [0.4, 0.5) is 0 Å². The van der Waals surface area contributed by atoms with Crippen molar-refractivity contribution in [3.8, 4) is 5.75 Å².